The van der Waals surface area contributed by atoms with E-state index in [9.17, 15) is 13.2 Å². The zero-order chi connectivity index (χ0) is 16.1. The Kier molecular flexibility index (Phi) is 5.46. The van der Waals surface area contributed by atoms with Crippen molar-refractivity contribution in [2.45, 2.75) is 20.0 Å². The molecule has 22 heavy (non-hydrogen) atoms. The van der Waals surface area contributed by atoms with Gasteiger partial charge in [-0.25, -0.2) is 18.2 Å². The molecule has 6 heteroatoms. The number of halogens is 3. The molecule has 0 saturated carbocycles. The van der Waals surface area contributed by atoms with Gasteiger partial charge in [0, 0.05) is 31.4 Å². The van der Waals surface area contributed by atoms with Crippen molar-refractivity contribution in [3.05, 3.63) is 41.4 Å². The number of pyridine rings is 1. The maximum atomic E-state index is 14.0. The highest BCUT2D eigenvalue weighted by atomic mass is 19.1. The van der Waals surface area contributed by atoms with E-state index in [4.69, 9.17) is 0 Å². The second kappa shape index (κ2) is 7.33. The van der Waals surface area contributed by atoms with Crippen LogP contribution in [0.1, 0.15) is 12.5 Å². The highest BCUT2D eigenvalue weighted by Crippen LogP contribution is 2.29. The number of nitrogens with zero attached hydrogens (tertiary/aromatic N) is 2. The van der Waals surface area contributed by atoms with E-state index in [1.54, 1.807) is 6.20 Å². The van der Waals surface area contributed by atoms with Gasteiger partial charge in [0.05, 0.1) is 5.69 Å². The van der Waals surface area contributed by atoms with Crippen molar-refractivity contribution in [1.82, 2.24) is 4.98 Å². The van der Waals surface area contributed by atoms with Crippen molar-refractivity contribution in [2.75, 3.05) is 36.5 Å². The first-order valence-corrected chi connectivity index (χ1v) is 7.23. The van der Waals surface area contributed by atoms with Crippen molar-refractivity contribution in [1.29, 1.82) is 0 Å². The Balaban J connectivity index is 2.26. The number of aryl methyl sites for hydroxylation is 1. The van der Waals surface area contributed by atoms with Crippen molar-refractivity contribution in [3.8, 4) is 0 Å². The van der Waals surface area contributed by atoms with Crippen LogP contribution in [0, 0.1) is 6.92 Å². The SMILES string of the molecule is Cc1cnc2c(c1)N(CC(=C/CF)/C(F)=C\C(C)F)CCN2. The summed E-state index contributed by atoms with van der Waals surface area (Å²) >= 11 is 0. The average Bonchev–Trinajstić information content (AvgIpc) is 2.46. The molecule has 1 aliphatic rings. The largest absolute Gasteiger partial charge is 0.367 e. The van der Waals surface area contributed by atoms with Gasteiger partial charge in [-0.1, -0.05) is 0 Å². The molecule has 0 spiro atoms. The Morgan fingerprint density at radius 3 is 3.00 bits per heavy atom. The van der Waals surface area contributed by atoms with Crippen LogP contribution in [0.25, 0.3) is 0 Å². The summed E-state index contributed by atoms with van der Waals surface area (Å²) < 4.78 is 39.6. The fourth-order valence-electron chi connectivity index (χ4n) is 2.37. The highest BCUT2D eigenvalue weighted by molar-refractivity contribution is 5.69. The maximum Gasteiger partial charge on any atom is 0.149 e. The minimum absolute atomic E-state index is 0.154. The minimum Gasteiger partial charge on any atom is -0.367 e. The molecule has 0 saturated heterocycles. The fourth-order valence-corrected chi connectivity index (χ4v) is 2.37. The predicted octanol–water partition coefficient (Wildman–Crippen LogP) is 3.73. The van der Waals surface area contributed by atoms with E-state index in [1.807, 2.05) is 17.9 Å². The standard InChI is InChI=1S/C16H20F3N3/c1-11-7-15-16(21-9-11)20-5-6-22(15)10-13(3-4-17)14(19)8-12(2)18/h3,7-9,12H,4-6,10H2,1-2H3,(H,20,21)/b13-3-,14-8+. The Labute approximate surface area is 128 Å². The van der Waals surface area contributed by atoms with Gasteiger partial charge in [0.2, 0.25) is 0 Å². The lowest BCUT2D eigenvalue weighted by molar-refractivity contribution is 0.422. The molecule has 0 bridgehead atoms. The fraction of sp³-hybridized carbons (Fsp3) is 0.438. The monoisotopic (exact) mass is 311 g/mol. The maximum absolute atomic E-state index is 14.0. The van der Waals surface area contributed by atoms with Gasteiger partial charge in [0.1, 0.15) is 24.5 Å². The number of anilines is 2. The molecule has 3 nitrogen and oxygen atoms in total. The zero-order valence-corrected chi connectivity index (χ0v) is 12.7. The molecule has 0 radical (unpaired) electrons. The Morgan fingerprint density at radius 1 is 1.55 bits per heavy atom. The van der Waals surface area contributed by atoms with E-state index in [1.165, 1.54) is 6.92 Å². The van der Waals surface area contributed by atoms with Crippen molar-refractivity contribution in [3.63, 3.8) is 0 Å². The number of aromatic nitrogens is 1. The normalized spacial score (nSPS) is 17.0. The third-order valence-electron chi connectivity index (χ3n) is 3.39. The highest BCUT2D eigenvalue weighted by Gasteiger charge is 2.20. The smallest absolute Gasteiger partial charge is 0.149 e. The van der Waals surface area contributed by atoms with Gasteiger partial charge in [0.15, 0.2) is 0 Å². The number of allylic oxidation sites excluding steroid dienone is 2. The van der Waals surface area contributed by atoms with Gasteiger partial charge < -0.3 is 10.2 Å². The van der Waals surface area contributed by atoms with Crippen molar-refractivity contribution in [2.24, 2.45) is 0 Å². The summed E-state index contributed by atoms with van der Waals surface area (Å²) in [4.78, 5) is 6.22. The molecule has 0 aromatic carbocycles. The van der Waals surface area contributed by atoms with Gasteiger partial charge in [-0.2, -0.15) is 0 Å². The van der Waals surface area contributed by atoms with Gasteiger partial charge in [0.25, 0.3) is 0 Å². The van der Waals surface area contributed by atoms with Crippen LogP contribution in [0.4, 0.5) is 24.7 Å². The van der Waals surface area contributed by atoms with Crippen molar-refractivity contribution >= 4 is 11.5 Å². The molecule has 1 unspecified atom stereocenters. The molecule has 0 fully saturated rings. The summed E-state index contributed by atoms with van der Waals surface area (Å²) in [5.74, 6) is 0.00745. The molecule has 0 amide bonds. The number of hydrogen-bond donors (Lipinski definition) is 1. The van der Waals surface area contributed by atoms with Crippen molar-refractivity contribution < 1.29 is 13.2 Å². The number of nitrogens with one attached hydrogen (secondary N) is 1. The van der Waals surface area contributed by atoms with E-state index in [0.717, 1.165) is 29.2 Å². The molecular formula is C16H20F3N3. The molecule has 120 valence electrons. The summed E-state index contributed by atoms with van der Waals surface area (Å²) in [5, 5.41) is 3.17. The third-order valence-corrected chi connectivity index (χ3v) is 3.39. The zero-order valence-electron chi connectivity index (χ0n) is 12.7. The number of rotatable bonds is 5. The first kappa shape index (κ1) is 16.4. The first-order valence-electron chi connectivity index (χ1n) is 7.23. The van der Waals surface area contributed by atoms with Crippen LogP contribution in [-0.4, -0.2) is 37.5 Å². The van der Waals surface area contributed by atoms with E-state index < -0.39 is 18.7 Å². The van der Waals surface area contributed by atoms with Crippen LogP contribution in [0.3, 0.4) is 0 Å². The molecule has 1 atom stereocenters. The van der Waals surface area contributed by atoms with Gasteiger partial charge in [-0.05, 0) is 37.6 Å². The second-order valence-corrected chi connectivity index (χ2v) is 5.30. The number of fused-ring (bicyclic) bond motifs is 1. The number of alkyl halides is 2. The summed E-state index contributed by atoms with van der Waals surface area (Å²) in [6.45, 7) is 3.85. The number of hydrogen-bond acceptors (Lipinski definition) is 3. The molecule has 0 aliphatic carbocycles. The Bertz CT molecular complexity index is 582. The minimum atomic E-state index is -1.41. The summed E-state index contributed by atoms with van der Waals surface area (Å²) in [6, 6.07) is 1.95. The second-order valence-electron chi connectivity index (χ2n) is 5.30. The molecule has 2 heterocycles. The molecule has 1 aliphatic heterocycles. The van der Waals surface area contributed by atoms with Crippen LogP contribution in [0.15, 0.2) is 35.8 Å². The first-order chi connectivity index (χ1) is 10.5. The molecule has 1 aromatic rings. The van der Waals surface area contributed by atoms with E-state index in [-0.39, 0.29) is 12.1 Å². The summed E-state index contributed by atoms with van der Waals surface area (Å²) in [7, 11) is 0. The van der Waals surface area contributed by atoms with Crippen LogP contribution in [-0.2, 0) is 0 Å². The lowest BCUT2D eigenvalue weighted by Crippen LogP contribution is -2.36. The average molecular weight is 311 g/mol. The molecule has 1 aromatic heterocycles. The molecule has 1 N–H and O–H groups in total. The Morgan fingerprint density at radius 2 is 2.32 bits per heavy atom. The van der Waals surface area contributed by atoms with E-state index in [0.29, 0.717) is 13.1 Å². The quantitative estimate of drug-likeness (QED) is 0.840. The molecule has 2 rings (SSSR count). The van der Waals surface area contributed by atoms with E-state index >= 15 is 0 Å². The summed E-state index contributed by atoms with van der Waals surface area (Å²) in [6.07, 6.45) is 2.35. The third kappa shape index (κ3) is 4.02. The lowest BCUT2D eigenvalue weighted by Gasteiger charge is -2.32. The Hall–Kier alpha value is -1.98. The van der Waals surface area contributed by atoms with Crippen LogP contribution in [0.5, 0.6) is 0 Å². The van der Waals surface area contributed by atoms with Gasteiger partial charge >= 0.3 is 0 Å². The van der Waals surface area contributed by atoms with E-state index in [2.05, 4.69) is 10.3 Å². The summed E-state index contributed by atoms with van der Waals surface area (Å²) in [5.41, 5.74) is 1.98. The van der Waals surface area contributed by atoms with Crippen LogP contribution in [0.2, 0.25) is 0 Å². The van der Waals surface area contributed by atoms with Gasteiger partial charge in [-0.15, -0.1) is 0 Å². The van der Waals surface area contributed by atoms with Crippen LogP contribution < -0.4 is 10.2 Å². The predicted molar refractivity (Wildman–Crippen MR) is 83.5 cm³/mol. The van der Waals surface area contributed by atoms with Gasteiger partial charge in [-0.3, -0.25) is 0 Å². The topological polar surface area (TPSA) is 28.2 Å². The lowest BCUT2D eigenvalue weighted by atomic mass is 10.1. The van der Waals surface area contributed by atoms with Crippen LogP contribution >= 0.6 is 0 Å². The molecular weight excluding hydrogens is 291 g/mol.